The van der Waals surface area contributed by atoms with Crippen LogP contribution in [-0.4, -0.2) is 30.6 Å². The number of cyclic esters (lactones) is 2. The van der Waals surface area contributed by atoms with E-state index in [1.54, 1.807) is 24.5 Å². The molecule has 0 aromatic carbocycles. The van der Waals surface area contributed by atoms with Crippen LogP contribution in [0.5, 0.6) is 0 Å². The van der Waals surface area contributed by atoms with E-state index in [9.17, 15) is 14.4 Å². The number of carbonyl (C=O) groups is 3. The van der Waals surface area contributed by atoms with Crippen molar-refractivity contribution in [3.05, 3.63) is 70.2 Å². The smallest absolute Gasteiger partial charge is 0.339 e. The number of furan rings is 1. The molecule has 1 spiro atoms. The third-order valence-electron chi connectivity index (χ3n) is 6.40. The minimum absolute atomic E-state index is 0.155. The lowest BCUT2D eigenvalue weighted by Crippen LogP contribution is -2.34. The van der Waals surface area contributed by atoms with E-state index in [4.69, 9.17) is 18.6 Å². The highest BCUT2D eigenvalue weighted by atomic mass is 16.6. The van der Waals surface area contributed by atoms with Crippen LogP contribution in [0.2, 0.25) is 0 Å². The Labute approximate surface area is 179 Å². The summed E-state index contributed by atoms with van der Waals surface area (Å²) >= 11 is 0. The normalized spacial score (nSPS) is 29.0. The molecule has 31 heavy (non-hydrogen) atoms. The molecule has 0 unspecified atom stereocenters. The summed E-state index contributed by atoms with van der Waals surface area (Å²) in [5, 5.41) is 0. The lowest BCUT2D eigenvalue weighted by molar-refractivity contribution is -0.147. The van der Waals surface area contributed by atoms with Gasteiger partial charge in [0.2, 0.25) is 0 Å². The average Bonchev–Trinajstić information content (AvgIpc) is 3.43. The van der Waals surface area contributed by atoms with Crippen molar-refractivity contribution in [3.8, 4) is 0 Å². The second-order valence-electron chi connectivity index (χ2n) is 8.22. The summed E-state index contributed by atoms with van der Waals surface area (Å²) in [6, 6.07) is 1.76. The molecule has 3 heterocycles. The van der Waals surface area contributed by atoms with Crippen LogP contribution < -0.4 is 0 Å². The Morgan fingerprint density at radius 3 is 2.87 bits per heavy atom. The van der Waals surface area contributed by atoms with Gasteiger partial charge in [-0.3, -0.25) is 4.79 Å². The maximum atomic E-state index is 12.7. The lowest BCUT2D eigenvalue weighted by Gasteiger charge is -2.35. The van der Waals surface area contributed by atoms with Crippen molar-refractivity contribution < 1.29 is 33.0 Å². The molecule has 160 valence electrons. The van der Waals surface area contributed by atoms with E-state index in [1.807, 2.05) is 19.9 Å². The average molecular weight is 422 g/mol. The number of carbonyl (C=O) groups excluding carboxylic acids is 3. The minimum Gasteiger partial charge on any atom is -0.472 e. The summed E-state index contributed by atoms with van der Waals surface area (Å²) in [5.74, 6) is -1.16. The van der Waals surface area contributed by atoms with E-state index in [0.29, 0.717) is 30.4 Å². The number of hydrogen-bond donors (Lipinski definition) is 0. The van der Waals surface area contributed by atoms with E-state index in [2.05, 4.69) is 0 Å². The zero-order valence-corrected chi connectivity index (χ0v) is 17.3. The van der Waals surface area contributed by atoms with Gasteiger partial charge in [-0.15, -0.1) is 0 Å². The third kappa shape index (κ3) is 2.91. The molecule has 2 aliphatic heterocycles. The molecule has 7 nitrogen and oxygen atoms in total. The Kier molecular flexibility index (Phi) is 4.50. The second-order valence-corrected chi connectivity index (χ2v) is 8.22. The van der Waals surface area contributed by atoms with Crippen LogP contribution in [0.4, 0.5) is 0 Å². The first-order chi connectivity index (χ1) is 14.9. The molecule has 0 amide bonds. The van der Waals surface area contributed by atoms with Gasteiger partial charge < -0.3 is 18.6 Å². The summed E-state index contributed by atoms with van der Waals surface area (Å²) in [6.07, 6.45) is 8.61. The molecule has 3 atom stereocenters. The van der Waals surface area contributed by atoms with Crippen molar-refractivity contribution in [2.75, 3.05) is 6.61 Å². The molecular weight excluding hydrogens is 400 g/mol. The van der Waals surface area contributed by atoms with E-state index >= 15 is 0 Å². The zero-order chi connectivity index (χ0) is 21.8. The second kappa shape index (κ2) is 7.11. The molecule has 1 saturated heterocycles. The van der Waals surface area contributed by atoms with Gasteiger partial charge in [0.05, 0.1) is 29.1 Å². The highest BCUT2D eigenvalue weighted by Crippen LogP contribution is 2.54. The van der Waals surface area contributed by atoms with Crippen LogP contribution in [0.25, 0.3) is 0 Å². The molecule has 5 rings (SSSR count). The number of rotatable bonds is 4. The quantitative estimate of drug-likeness (QED) is 0.540. The molecule has 0 N–H and O–H groups in total. The van der Waals surface area contributed by atoms with Gasteiger partial charge in [0.25, 0.3) is 0 Å². The van der Waals surface area contributed by atoms with Gasteiger partial charge in [-0.1, -0.05) is 13.0 Å². The minimum atomic E-state index is -0.777. The summed E-state index contributed by atoms with van der Waals surface area (Å²) < 4.78 is 21.9. The van der Waals surface area contributed by atoms with Crippen molar-refractivity contribution in [1.29, 1.82) is 0 Å². The van der Waals surface area contributed by atoms with Crippen LogP contribution in [0.3, 0.4) is 0 Å². The zero-order valence-electron chi connectivity index (χ0n) is 17.3. The topological polar surface area (TPSA) is 92.0 Å². The highest BCUT2D eigenvalue weighted by molar-refractivity contribution is 5.99. The van der Waals surface area contributed by atoms with Crippen LogP contribution in [-0.2, 0) is 28.6 Å². The van der Waals surface area contributed by atoms with Crippen LogP contribution in [0, 0.1) is 5.41 Å². The summed E-state index contributed by atoms with van der Waals surface area (Å²) in [6.45, 7) is 3.98. The van der Waals surface area contributed by atoms with Gasteiger partial charge in [0, 0.05) is 24.0 Å². The molecular formula is C24H22O7. The standard InChI is InChI=1S/C24H22O7/c1-3-4-19(25)30-15-9-17-13(2)20-16(22(26)31-21(20)14-6-8-28-11-14)5-7-24(17)12-29-23(27)18(24)10-15/h5-8,10-11,15,21H,3-4,9,12H2,1-2H3/t15-,21+,24+/m1/s1. The maximum Gasteiger partial charge on any atom is 0.339 e. The predicted molar refractivity (Wildman–Crippen MR) is 107 cm³/mol. The van der Waals surface area contributed by atoms with Gasteiger partial charge in [0.1, 0.15) is 12.7 Å². The first-order valence-electron chi connectivity index (χ1n) is 10.4. The molecule has 0 bridgehead atoms. The molecule has 2 aliphatic carbocycles. The Hall–Kier alpha value is -3.35. The van der Waals surface area contributed by atoms with Crippen LogP contribution in [0.15, 0.2) is 69.1 Å². The first-order valence-corrected chi connectivity index (χ1v) is 10.4. The van der Waals surface area contributed by atoms with Crippen molar-refractivity contribution in [2.24, 2.45) is 5.41 Å². The number of ether oxygens (including phenoxy) is 3. The molecule has 7 heteroatoms. The Balaban J connectivity index is 1.64. The fourth-order valence-corrected chi connectivity index (χ4v) is 4.93. The summed E-state index contributed by atoms with van der Waals surface area (Å²) in [4.78, 5) is 37.4. The highest BCUT2D eigenvalue weighted by Gasteiger charge is 2.53. The van der Waals surface area contributed by atoms with Crippen molar-refractivity contribution in [1.82, 2.24) is 0 Å². The molecule has 1 aromatic rings. The van der Waals surface area contributed by atoms with Crippen LogP contribution >= 0.6 is 0 Å². The van der Waals surface area contributed by atoms with Gasteiger partial charge >= 0.3 is 17.9 Å². The van der Waals surface area contributed by atoms with E-state index in [-0.39, 0.29) is 12.6 Å². The summed E-state index contributed by atoms with van der Waals surface area (Å²) in [5.41, 5.74) is 3.36. The SMILES string of the molecule is CCCC(=O)O[C@H]1C=C2C(=O)OC[C@]23C=CC2=C(C(C)=C3C1)[C@H](c1ccoc1)OC2=O. The molecule has 1 aromatic heterocycles. The Morgan fingerprint density at radius 1 is 1.29 bits per heavy atom. The molecule has 0 radical (unpaired) electrons. The number of esters is 3. The van der Waals surface area contributed by atoms with E-state index in [1.165, 1.54) is 6.26 Å². The van der Waals surface area contributed by atoms with E-state index in [0.717, 1.165) is 22.3 Å². The first kappa shape index (κ1) is 19.6. The van der Waals surface area contributed by atoms with Crippen molar-refractivity contribution in [2.45, 2.75) is 45.3 Å². The van der Waals surface area contributed by atoms with Gasteiger partial charge in [0.15, 0.2) is 6.10 Å². The van der Waals surface area contributed by atoms with E-state index < -0.39 is 29.6 Å². The van der Waals surface area contributed by atoms with Crippen LogP contribution in [0.1, 0.15) is 44.8 Å². The fraction of sp³-hybridized carbons (Fsp3) is 0.375. The monoisotopic (exact) mass is 422 g/mol. The van der Waals surface area contributed by atoms with Gasteiger partial charge in [-0.25, -0.2) is 9.59 Å². The third-order valence-corrected chi connectivity index (χ3v) is 6.40. The molecule has 0 saturated carbocycles. The molecule has 4 aliphatic rings. The van der Waals surface area contributed by atoms with Crippen molar-refractivity contribution >= 4 is 17.9 Å². The predicted octanol–water partition coefficient (Wildman–Crippen LogP) is 3.65. The van der Waals surface area contributed by atoms with Crippen molar-refractivity contribution in [3.63, 3.8) is 0 Å². The lowest BCUT2D eigenvalue weighted by atomic mass is 9.68. The largest absolute Gasteiger partial charge is 0.472 e. The molecule has 1 fully saturated rings. The Bertz CT molecular complexity index is 1100. The summed E-state index contributed by atoms with van der Waals surface area (Å²) in [7, 11) is 0. The van der Waals surface area contributed by atoms with Gasteiger partial charge in [-0.05, 0) is 42.7 Å². The fourth-order valence-electron chi connectivity index (χ4n) is 4.93. The van der Waals surface area contributed by atoms with Gasteiger partial charge in [-0.2, -0.15) is 0 Å². The number of hydrogen-bond acceptors (Lipinski definition) is 7. The Morgan fingerprint density at radius 2 is 2.13 bits per heavy atom. The maximum absolute atomic E-state index is 12.7.